The third-order valence-electron chi connectivity index (χ3n) is 12.7. The van der Waals surface area contributed by atoms with Crippen LogP contribution in [0.2, 0.25) is 0 Å². The van der Waals surface area contributed by atoms with Crippen molar-refractivity contribution >= 4 is 0 Å². The van der Waals surface area contributed by atoms with Crippen molar-refractivity contribution in [2.45, 2.75) is 210 Å². The van der Waals surface area contributed by atoms with Crippen molar-refractivity contribution in [1.29, 1.82) is 0 Å². The van der Waals surface area contributed by atoms with E-state index in [0.29, 0.717) is 22.9 Å². The second kappa shape index (κ2) is 23.4. The monoisotopic (exact) mass is 668 g/mol. The summed E-state index contributed by atoms with van der Waals surface area (Å²) in [5.74, 6) is 2.59. The van der Waals surface area contributed by atoms with Gasteiger partial charge in [0.15, 0.2) is 0 Å². The molecule has 1 aromatic rings. The van der Waals surface area contributed by atoms with E-state index in [1.165, 1.54) is 101 Å². The van der Waals surface area contributed by atoms with Crippen molar-refractivity contribution in [3.8, 4) is 0 Å². The van der Waals surface area contributed by atoms with E-state index in [0.717, 1.165) is 37.2 Å². The summed E-state index contributed by atoms with van der Waals surface area (Å²) in [6.45, 7) is 30.1. The lowest BCUT2D eigenvalue weighted by molar-refractivity contribution is -0.124. The van der Waals surface area contributed by atoms with E-state index < -0.39 is 0 Å². The van der Waals surface area contributed by atoms with Crippen LogP contribution in [0.25, 0.3) is 0 Å². The molecule has 0 bridgehead atoms. The Labute approximate surface area is 302 Å². The molecule has 48 heavy (non-hydrogen) atoms. The zero-order valence-electron chi connectivity index (χ0n) is 34.8. The molecule has 4 rings (SSSR count). The van der Waals surface area contributed by atoms with Crippen molar-refractivity contribution < 1.29 is 4.74 Å². The Kier molecular flexibility index (Phi) is 21.9. The Hall–Kier alpha value is -1.12. The Morgan fingerprint density at radius 3 is 2.29 bits per heavy atom. The highest BCUT2D eigenvalue weighted by molar-refractivity contribution is 5.27. The standard InChI is InChI=1S/C40H67NO.3C2H6/c1-8-16-37(41-35(9-2)10-3)33-19-14-18-32(29-33)17-12-13-23-38(6,11-4)25-22-36-31(5)20-21-34-30-40(24-15-28-42-40)27-26-39(34,36)7;3*1-2/h13-14,18-19,23,29,31,34-37,41H,8-12,15-17,20-22,24-28,30H2,1-7H3;3*1-2H3. The van der Waals surface area contributed by atoms with Gasteiger partial charge >= 0.3 is 0 Å². The summed E-state index contributed by atoms with van der Waals surface area (Å²) in [7, 11) is 0. The Morgan fingerprint density at radius 1 is 0.979 bits per heavy atom. The molecule has 2 aliphatic carbocycles. The summed E-state index contributed by atoms with van der Waals surface area (Å²) >= 11 is 0. The van der Waals surface area contributed by atoms with E-state index in [2.05, 4.69) is 90.2 Å². The molecule has 1 saturated heterocycles. The van der Waals surface area contributed by atoms with Gasteiger partial charge in [-0.05, 0) is 130 Å². The fraction of sp³-hybridized carbons (Fsp3) is 0.826. The van der Waals surface area contributed by atoms with Crippen molar-refractivity contribution in [1.82, 2.24) is 5.32 Å². The second-order valence-electron chi connectivity index (χ2n) is 15.5. The third-order valence-corrected chi connectivity index (χ3v) is 12.7. The van der Waals surface area contributed by atoms with Crippen molar-refractivity contribution in [2.24, 2.45) is 28.6 Å². The number of hydrogen-bond acceptors (Lipinski definition) is 2. The summed E-state index contributed by atoms with van der Waals surface area (Å²) in [4.78, 5) is 0. The minimum Gasteiger partial charge on any atom is -0.375 e. The van der Waals surface area contributed by atoms with E-state index in [-0.39, 0.29) is 5.60 Å². The maximum absolute atomic E-state index is 6.40. The number of fused-ring (bicyclic) bond motifs is 1. The zero-order chi connectivity index (χ0) is 36.2. The van der Waals surface area contributed by atoms with Crippen LogP contribution in [0.4, 0.5) is 0 Å². The van der Waals surface area contributed by atoms with Gasteiger partial charge in [-0.25, -0.2) is 0 Å². The van der Waals surface area contributed by atoms with Crippen LogP contribution in [-0.4, -0.2) is 18.2 Å². The average Bonchev–Trinajstić information content (AvgIpc) is 3.59. The molecule has 3 aliphatic rings. The highest BCUT2D eigenvalue weighted by atomic mass is 16.5. The Bertz CT molecular complexity index is 974. The van der Waals surface area contributed by atoms with Gasteiger partial charge in [-0.3, -0.25) is 0 Å². The highest BCUT2D eigenvalue weighted by Crippen LogP contribution is 2.60. The summed E-state index contributed by atoms with van der Waals surface area (Å²) in [6, 6.07) is 10.5. The summed E-state index contributed by atoms with van der Waals surface area (Å²) in [5.41, 5.74) is 4.03. The van der Waals surface area contributed by atoms with Gasteiger partial charge < -0.3 is 10.1 Å². The lowest BCUT2D eigenvalue weighted by Crippen LogP contribution is -2.51. The van der Waals surface area contributed by atoms with Gasteiger partial charge in [-0.2, -0.15) is 0 Å². The maximum Gasteiger partial charge on any atom is 0.0686 e. The first kappa shape index (κ1) is 44.9. The first-order chi connectivity index (χ1) is 23.2. The molecular weight excluding hydrogens is 583 g/mol. The molecule has 1 N–H and O–H groups in total. The molecule has 1 heterocycles. The van der Waals surface area contributed by atoms with E-state index >= 15 is 0 Å². The predicted octanol–water partition coefficient (Wildman–Crippen LogP) is 14.5. The summed E-state index contributed by atoms with van der Waals surface area (Å²) in [5, 5.41) is 3.95. The van der Waals surface area contributed by atoms with E-state index in [1.54, 1.807) is 0 Å². The summed E-state index contributed by atoms with van der Waals surface area (Å²) in [6.07, 6.45) is 25.6. The lowest BCUT2D eigenvalue weighted by atomic mass is 9.49. The number of benzene rings is 1. The van der Waals surface area contributed by atoms with Gasteiger partial charge in [0, 0.05) is 18.7 Å². The first-order valence-corrected chi connectivity index (χ1v) is 21.4. The molecule has 2 saturated carbocycles. The number of aryl methyl sites for hydroxylation is 1. The number of ether oxygens (including phenoxy) is 1. The molecule has 0 amide bonds. The molecule has 1 aliphatic heterocycles. The van der Waals surface area contributed by atoms with Crippen LogP contribution in [0.3, 0.4) is 0 Å². The van der Waals surface area contributed by atoms with Crippen LogP contribution in [0, 0.1) is 28.6 Å². The highest BCUT2D eigenvalue weighted by Gasteiger charge is 2.54. The minimum atomic E-state index is 0.246. The molecule has 7 atom stereocenters. The lowest BCUT2D eigenvalue weighted by Gasteiger charge is -2.57. The Balaban J connectivity index is 0.00000182. The van der Waals surface area contributed by atoms with Crippen LogP contribution in [0.1, 0.15) is 203 Å². The fourth-order valence-electron chi connectivity index (χ4n) is 9.34. The molecular formula is C46H85NO. The third kappa shape index (κ3) is 12.6. The van der Waals surface area contributed by atoms with Gasteiger partial charge in [-0.1, -0.05) is 139 Å². The number of nitrogens with one attached hydrogen (secondary N) is 1. The van der Waals surface area contributed by atoms with Crippen molar-refractivity contribution in [3.05, 3.63) is 47.5 Å². The predicted molar refractivity (Wildman–Crippen MR) is 216 cm³/mol. The zero-order valence-corrected chi connectivity index (χ0v) is 34.8. The molecule has 2 heteroatoms. The molecule has 7 unspecified atom stereocenters. The van der Waals surface area contributed by atoms with Gasteiger partial charge in [0.1, 0.15) is 0 Å². The molecule has 1 aromatic carbocycles. The van der Waals surface area contributed by atoms with E-state index in [1.807, 2.05) is 41.5 Å². The van der Waals surface area contributed by atoms with Crippen LogP contribution in [0.5, 0.6) is 0 Å². The number of hydrogen-bond donors (Lipinski definition) is 1. The van der Waals surface area contributed by atoms with Gasteiger partial charge in [-0.15, -0.1) is 0 Å². The summed E-state index contributed by atoms with van der Waals surface area (Å²) < 4.78 is 6.40. The van der Waals surface area contributed by atoms with Crippen molar-refractivity contribution in [2.75, 3.05) is 6.61 Å². The SMILES string of the molecule is CC.CC.CC.CCCC(NC(CC)CC)c1cccc(CCC=CC(C)(CC)CCC2C(C)CCC3CC4(CCCO4)CCC32C)c1. The first-order valence-electron chi connectivity index (χ1n) is 21.4. The van der Waals surface area contributed by atoms with E-state index in [9.17, 15) is 0 Å². The topological polar surface area (TPSA) is 21.3 Å². The molecule has 1 spiro atoms. The molecule has 0 radical (unpaired) electrons. The molecule has 280 valence electrons. The molecule has 3 fully saturated rings. The second-order valence-corrected chi connectivity index (χ2v) is 15.5. The van der Waals surface area contributed by atoms with Gasteiger partial charge in [0.2, 0.25) is 0 Å². The largest absolute Gasteiger partial charge is 0.375 e. The normalized spacial score (nSPS) is 28.3. The number of rotatable bonds is 15. The van der Waals surface area contributed by atoms with Gasteiger partial charge in [0.05, 0.1) is 5.60 Å². The molecule has 0 aromatic heterocycles. The van der Waals surface area contributed by atoms with Gasteiger partial charge in [0.25, 0.3) is 0 Å². The van der Waals surface area contributed by atoms with Crippen LogP contribution < -0.4 is 5.32 Å². The minimum absolute atomic E-state index is 0.246. The quantitative estimate of drug-likeness (QED) is 0.188. The Morgan fingerprint density at radius 2 is 1.69 bits per heavy atom. The van der Waals surface area contributed by atoms with Crippen LogP contribution in [-0.2, 0) is 11.2 Å². The number of allylic oxidation sites excluding steroid dienone is 2. The van der Waals surface area contributed by atoms with E-state index in [4.69, 9.17) is 4.74 Å². The van der Waals surface area contributed by atoms with Crippen molar-refractivity contribution in [3.63, 3.8) is 0 Å². The molecule has 2 nitrogen and oxygen atoms in total. The smallest absolute Gasteiger partial charge is 0.0686 e. The van der Waals surface area contributed by atoms with Crippen LogP contribution in [0.15, 0.2) is 36.4 Å². The van der Waals surface area contributed by atoms with Crippen LogP contribution >= 0.6 is 0 Å². The average molecular weight is 668 g/mol. The fourth-order valence-corrected chi connectivity index (χ4v) is 9.34. The maximum atomic E-state index is 6.40.